The van der Waals surface area contributed by atoms with Crippen molar-refractivity contribution in [2.75, 3.05) is 26.7 Å². The van der Waals surface area contributed by atoms with E-state index in [1.54, 1.807) is 25.3 Å². The van der Waals surface area contributed by atoms with E-state index in [4.69, 9.17) is 4.74 Å². The lowest BCUT2D eigenvalue weighted by Crippen LogP contribution is -2.41. The Morgan fingerprint density at radius 1 is 1.11 bits per heavy atom. The van der Waals surface area contributed by atoms with E-state index in [1.165, 1.54) is 6.20 Å². The molecule has 200 valence electrons. The van der Waals surface area contributed by atoms with Crippen LogP contribution in [-0.4, -0.2) is 47.7 Å². The van der Waals surface area contributed by atoms with Crippen LogP contribution in [0.4, 0.5) is 17.6 Å². The Bertz CT molecular complexity index is 1370. The van der Waals surface area contributed by atoms with Crippen molar-refractivity contribution < 1.29 is 32.2 Å². The normalized spacial score (nSPS) is 15.2. The number of carboxylic acids is 1. The number of aryl methyl sites for hydroxylation is 1. The third-order valence-electron chi connectivity index (χ3n) is 7.23. The molecule has 2 heterocycles. The lowest BCUT2D eigenvalue weighted by molar-refractivity contribution is -0.140. The van der Waals surface area contributed by atoms with Crippen molar-refractivity contribution in [3.05, 3.63) is 70.9 Å². The molecule has 4 rings (SSSR count). The maximum Gasteiger partial charge on any atom is 0.303 e. The molecule has 1 aliphatic rings. The van der Waals surface area contributed by atoms with Gasteiger partial charge in [0.2, 0.25) is 0 Å². The fraction of sp³-hybridized carbons (Fsp3) is 0.379. The molecule has 3 aromatic rings. The quantitative estimate of drug-likeness (QED) is 0.230. The minimum absolute atomic E-state index is 0.0219. The zero-order chi connectivity index (χ0) is 27.3. The molecular formula is C29H28F4N2O3. The van der Waals surface area contributed by atoms with Crippen molar-refractivity contribution in [3.63, 3.8) is 0 Å². The molecule has 5 nitrogen and oxygen atoms in total. The third-order valence-corrected chi connectivity index (χ3v) is 7.23. The first-order valence-corrected chi connectivity index (χ1v) is 12.4. The van der Waals surface area contributed by atoms with Crippen molar-refractivity contribution in [2.24, 2.45) is 5.41 Å². The molecule has 1 aliphatic heterocycles. The average molecular weight is 529 g/mol. The summed E-state index contributed by atoms with van der Waals surface area (Å²) in [6.45, 7) is 1.55. The number of carbonyl (C=O) groups is 1. The number of ether oxygens (including phenoxy) is 1. The van der Waals surface area contributed by atoms with Gasteiger partial charge in [-0.3, -0.25) is 14.7 Å². The second kappa shape index (κ2) is 11.8. The Kier molecular flexibility index (Phi) is 8.52. The molecule has 1 N–H and O–H groups in total. The lowest BCUT2D eigenvalue weighted by Gasteiger charge is -2.40. The molecule has 1 saturated heterocycles. The van der Waals surface area contributed by atoms with Crippen LogP contribution in [0.15, 0.2) is 36.5 Å². The fourth-order valence-electron chi connectivity index (χ4n) is 5.13. The van der Waals surface area contributed by atoms with Crippen LogP contribution in [0.1, 0.15) is 43.2 Å². The van der Waals surface area contributed by atoms with Crippen LogP contribution >= 0.6 is 0 Å². The van der Waals surface area contributed by atoms with E-state index in [0.29, 0.717) is 74.0 Å². The van der Waals surface area contributed by atoms with Crippen molar-refractivity contribution in [2.45, 2.75) is 38.5 Å². The number of piperidine rings is 1. The van der Waals surface area contributed by atoms with E-state index < -0.39 is 34.7 Å². The standard InChI is InChI=1S/C29H28F4N2O3/c1-38-20-6-7-26-22(16-20)21(25(32)18-34-26)5-2-8-29(17-27(36)37)9-12-35(13-10-29)11-3-4-19-14-23(30)28(33)24(31)15-19/h6-7,14-16,18H,2,5,8-13,17H2,1H3,(H,36,37). The van der Waals surface area contributed by atoms with Gasteiger partial charge >= 0.3 is 5.97 Å². The number of hydrogen-bond donors (Lipinski definition) is 1. The number of nitrogens with zero attached hydrogens (tertiary/aromatic N) is 2. The summed E-state index contributed by atoms with van der Waals surface area (Å²) in [7, 11) is 1.55. The lowest BCUT2D eigenvalue weighted by atomic mass is 9.72. The van der Waals surface area contributed by atoms with Crippen molar-refractivity contribution >= 4 is 16.9 Å². The number of fused-ring (bicyclic) bond motifs is 1. The summed E-state index contributed by atoms with van der Waals surface area (Å²) >= 11 is 0. The molecule has 0 atom stereocenters. The Hall–Kier alpha value is -3.64. The monoisotopic (exact) mass is 528 g/mol. The minimum atomic E-state index is -1.53. The summed E-state index contributed by atoms with van der Waals surface area (Å²) in [6, 6.07) is 7.02. The first kappa shape index (κ1) is 27.4. The summed E-state index contributed by atoms with van der Waals surface area (Å²) in [4.78, 5) is 17.9. The molecule has 9 heteroatoms. The van der Waals surface area contributed by atoms with Crippen LogP contribution < -0.4 is 4.74 Å². The third kappa shape index (κ3) is 6.43. The summed E-state index contributed by atoms with van der Waals surface area (Å²) < 4.78 is 59.9. The number of methoxy groups -OCH3 is 1. The van der Waals surface area contributed by atoms with Crippen LogP contribution in [0.2, 0.25) is 0 Å². The van der Waals surface area contributed by atoms with Gasteiger partial charge < -0.3 is 9.84 Å². The van der Waals surface area contributed by atoms with E-state index in [2.05, 4.69) is 16.8 Å². The van der Waals surface area contributed by atoms with Gasteiger partial charge in [0.05, 0.1) is 31.8 Å². The molecular weight excluding hydrogens is 500 g/mol. The molecule has 0 amide bonds. The zero-order valence-electron chi connectivity index (χ0n) is 21.0. The molecule has 0 saturated carbocycles. The number of aromatic nitrogens is 1. The number of carboxylic acid groups (broad SMARTS) is 1. The van der Waals surface area contributed by atoms with Gasteiger partial charge in [-0.05, 0) is 86.5 Å². The summed E-state index contributed by atoms with van der Waals surface area (Å²) in [5.74, 6) is 0.749. The van der Waals surface area contributed by atoms with E-state index in [0.717, 1.165) is 12.1 Å². The van der Waals surface area contributed by atoms with E-state index >= 15 is 0 Å². The van der Waals surface area contributed by atoms with E-state index in [9.17, 15) is 27.5 Å². The molecule has 0 spiro atoms. The number of halogens is 4. The van der Waals surface area contributed by atoms with Gasteiger partial charge in [0.1, 0.15) is 11.6 Å². The number of rotatable bonds is 8. The maximum absolute atomic E-state index is 14.7. The Morgan fingerprint density at radius 3 is 2.47 bits per heavy atom. The highest BCUT2D eigenvalue weighted by Crippen LogP contribution is 2.40. The molecule has 38 heavy (non-hydrogen) atoms. The first-order chi connectivity index (χ1) is 18.2. The van der Waals surface area contributed by atoms with Crippen LogP contribution in [-0.2, 0) is 11.2 Å². The van der Waals surface area contributed by atoms with Crippen LogP contribution in [0.3, 0.4) is 0 Å². The molecule has 0 bridgehead atoms. The number of aliphatic carboxylic acids is 1. The second-order valence-corrected chi connectivity index (χ2v) is 9.72. The van der Waals surface area contributed by atoms with Gasteiger partial charge in [0, 0.05) is 10.9 Å². The van der Waals surface area contributed by atoms with Crippen LogP contribution in [0.25, 0.3) is 10.9 Å². The van der Waals surface area contributed by atoms with Gasteiger partial charge in [-0.25, -0.2) is 17.6 Å². The number of benzene rings is 2. The number of pyridine rings is 1. The highest BCUT2D eigenvalue weighted by molar-refractivity contribution is 5.83. The highest BCUT2D eigenvalue weighted by Gasteiger charge is 2.36. The van der Waals surface area contributed by atoms with Crippen molar-refractivity contribution in [3.8, 4) is 17.6 Å². The second-order valence-electron chi connectivity index (χ2n) is 9.72. The van der Waals surface area contributed by atoms with Crippen LogP contribution in [0.5, 0.6) is 5.75 Å². The Balaban J connectivity index is 1.39. The maximum atomic E-state index is 14.7. The average Bonchev–Trinajstić information content (AvgIpc) is 2.89. The predicted octanol–water partition coefficient (Wildman–Crippen LogP) is 5.73. The minimum Gasteiger partial charge on any atom is -0.497 e. The van der Waals surface area contributed by atoms with Gasteiger partial charge in [-0.2, -0.15) is 0 Å². The molecule has 1 fully saturated rings. The van der Waals surface area contributed by atoms with Gasteiger partial charge in [0.15, 0.2) is 17.5 Å². The summed E-state index contributed by atoms with van der Waals surface area (Å²) in [5.41, 5.74) is 0.839. The van der Waals surface area contributed by atoms with E-state index in [1.807, 2.05) is 4.90 Å². The molecule has 2 aromatic carbocycles. The number of hydrogen-bond acceptors (Lipinski definition) is 4. The summed E-state index contributed by atoms with van der Waals surface area (Å²) in [6.07, 6.45) is 4.18. The summed E-state index contributed by atoms with van der Waals surface area (Å²) in [5, 5.41) is 10.3. The largest absolute Gasteiger partial charge is 0.497 e. The fourth-order valence-corrected chi connectivity index (χ4v) is 5.13. The molecule has 0 radical (unpaired) electrons. The molecule has 0 aliphatic carbocycles. The zero-order valence-corrected chi connectivity index (χ0v) is 21.0. The van der Waals surface area contributed by atoms with Crippen LogP contribution in [0, 0.1) is 40.5 Å². The Morgan fingerprint density at radius 2 is 1.82 bits per heavy atom. The predicted molar refractivity (Wildman–Crippen MR) is 135 cm³/mol. The SMILES string of the molecule is COc1ccc2ncc(F)c(CCCC3(CC(=O)O)CCN(CC#Cc4cc(F)c(F)c(F)c4)CC3)c2c1. The number of likely N-dealkylation sites (tertiary alicyclic amines) is 1. The van der Waals surface area contributed by atoms with Gasteiger partial charge in [-0.15, -0.1) is 0 Å². The highest BCUT2D eigenvalue weighted by atomic mass is 19.2. The topological polar surface area (TPSA) is 62.7 Å². The van der Waals surface area contributed by atoms with Crippen molar-refractivity contribution in [1.82, 2.24) is 9.88 Å². The Labute approximate surface area is 218 Å². The van der Waals surface area contributed by atoms with E-state index in [-0.39, 0.29) is 12.0 Å². The van der Waals surface area contributed by atoms with Gasteiger partial charge in [0.25, 0.3) is 0 Å². The smallest absolute Gasteiger partial charge is 0.303 e. The molecule has 0 unspecified atom stereocenters. The van der Waals surface area contributed by atoms with Crippen molar-refractivity contribution in [1.29, 1.82) is 0 Å². The molecule has 1 aromatic heterocycles. The first-order valence-electron chi connectivity index (χ1n) is 12.4. The van der Waals surface area contributed by atoms with Gasteiger partial charge in [-0.1, -0.05) is 11.8 Å².